The molecule has 1 spiro atoms. The molecule has 2 heterocycles. The Labute approximate surface area is 189 Å². The molecule has 0 radical (unpaired) electrons. The third kappa shape index (κ3) is 3.51. The first kappa shape index (κ1) is 22.1. The highest BCUT2D eigenvalue weighted by Crippen LogP contribution is 2.56. The molecule has 2 aromatic carbocycles. The number of aliphatic carboxylic acids is 1. The van der Waals surface area contributed by atoms with Gasteiger partial charge in [0.15, 0.2) is 0 Å². The lowest BCUT2D eigenvalue weighted by atomic mass is 9.62. The largest absolute Gasteiger partial charge is 0.480 e. The Bertz CT molecular complexity index is 1080. The van der Waals surface area contributed by atoms with Gasteiger partial charge in [0, 0.05) is 22.7 Å². The topological polar surface area (TPSA) is 78.4 Å². The summed E-state index contributed by atoms with van der Waals surface area (Å²) >= 11 is 12.0. The maximum Gasteiger partial charge on any atom is 0.321 e. The van der Waals surface area contributed by atoms with Crippen molar-refractivity contribution in [2.45, 2.75) is 50.6 Å². The number of fused-ring (bicyclic) bond motifs is 2. The first-order valence-electron chi connectivity index (χ1n) is 10.0. The molecule has 31 heavy (non-hydrogen) atoms. The fraction of sp³-hybridized carbons (Fsp3) is 0.391. The number of hydrogen-bond donors (Lipinski definition) is 3. The van der Waals surface area contributed by atoms with Gasteiger partial charge in [-0.3, -0.25) is 14.9 Å². The lowest BCUT2D eigenvalue weighted by Gasteiger charge is -2.37. The summed E-state index contributed by atoms with van der Waals surface area (Å²) in [7, 11) is 0. The van der Waals surface area contributed by atoms with Gasteiger partial charge in [-0.05, 0) is 47.2 Å². The number of hydrogen-bond acceptors (Lipinski definition) is 3. The highest BCUT2D eigenvalue weighted by Gasteiger charge is 2.65. The van der Waals surface area contributed by atoms with Crippen molar-refractivity contribution in [3.63, 3.8) is 0 Å². The Morgan fingerprint density at radius 3 is 2.52 bits per heavy atom. The summed E-state index contributed by atoms with van der Waals surface area (Å²) in [6.45, 7) is 6.09. The molecule has 1 fully saturated rings. The van der Waals surface area contributed by atoms with Gasteiger partial charge in [-0.15, -0.1) is 0 Å². The second kappa shape index (κ2) is 7.47. The second-order valence-corrected chi connectivity index (χ2v) is 10.3. The normalized spacial score (nSPS) is 27.4. The zero-order chi connectivity index (χ0) is 22.7. The molecule has 8 heteroatoms. The van der Waals surface area contributed by atoms with E-state index in [0.29, 0.717) is 28.3 Å². The minimum atomic E-state index is -1.25. The summed E-state index contributed by atoms with van der Waals surface area (Å²) in [4.78, 5) is 26.0. The summed E-state index contributed by atoms with van der Waals surface area (Å²) in [5.74, 6) is -2.94. The Balaban J connectivity index is 2.01. The van der Waals surface area contributed by atoms with Gasteiger partial charge in [-0.2, -0.15) is 0 Å². The van der Waals surface area contributed by atoms with E-state index in [9.17, 15) is 19.1 Å². The monoisotopic (exact) mass is 464 g/mol. The number of benzene rings is 2. The molecule has 2 aliphatic rings. The van der Waals surface area contributed by atoms with E-state index in [4.69, 9.17) is 23.2 Å². The van der Waals surface area contributed by atoms with Gasteiger partial charge < -0.3 is 10.4 Å². The smallest absolute Gasteiger partial charge is 0.321 e. The predicted molar refractivity (Wildman–Crippen MR) is 118 cm³/mol. The van der Waals surface area contributed by atoms with Gasteiger partial charge in [0.05, 0.1) is 5.02 Å². The molecule has 1 amide bonds. The van der Waals surface area contributed by atoms with Crippen LogP contribution >= 0.6 is 23.2 Å². The third-order valence-corrected chi connectivity index (χ3v) is 6.73. The number of rotatable bonds is 3. The van der Waals surface area contributed by atoms with Crippen LogP contribution in [-0.4, -0.2) is 29.1 Å². The van der Waals surface area contributed by atoms with Crippen LogP contribution in [0.15, 0.2) is 36.4 Å². The molecule has 2 aromatic rings. The molecule has 0 aromatic heterocycles. The summed E-state index contributed by atoms with van der Waals surface area (Å²) in [6, 6.07) is 7.72. The average Bonchev–Trinajstić information content (AvgIpc) is 3.12. The minimum absolute atomic E-state index is 0.0649. The Morgan fingerprint density at radius 2 is 1.90 bits per heavy atom. The van der Waals surface area contributed by atoms with Crippen LogP contribution in [0.1, 0.15) is 44.2 Å². The molecule has 5 nitrogen and oxygen atoms in total. The van der Waals surface area contributed by atoms with Crippen molar-refractivity contribution in [3.05, 3.63) is 63.4 Å². The van der Waals surface area contributed by atoms with Crippen molar-refractivity contribution in [1.82, 2.24) is 5.32 Å². The maximum absolute atomic E-state index is 14.4. The zero-order valence-electron chi connectivity index (χ0n) is 17.3. The van der Waals surface area contributed by atoms with Crippen LogP contribution in [0.4, 0.5) is 10.1 Å². The second-order valence-electron chi connectivity index (χ2n) is 9.46. The number of carboxylic acid groups (broad SMARTS) is 1. The Morgan fingerprint density at radius 1 is 1.19 bits per heavy atom. The van der Waals surface area contributed by atoms with Gasteiger partial charge >= 0.3 is 5.97 Å². The molecule has 0 unspecified atom stereocenters. The van der Waals surface area contributed by atoms with Gasteiger partial charge in [0.25, 0.3) is 0 Å². The summed E-state index contributed by atoms with van der Waals surface area (Å²) < 4.78 is 14.4. The molecular weight excluding hydrogens is 442 g/mol. The van der Waals surface area contributed by atoms with Crippen LogP contribution in [0, 0.1) is 11.2 Å². The summed E-state index contributed by atoms with van der Waals surface area (Å²) in [6.07, 6.45) is 0.527. The summed E-state index contributed by atoms with van der Waals surface area (Å²) in [5.41, 5.74) is 0.146. The van der Waals surface area contributed by atoms with E-state index in [1.807, 2.05) is 20.8 Å². The average molecular weight is 465 g/mol. The van der Waals surface area contributed by atoms with Crippen LogP contribution in [0.3, 0.4) is 0 Å². The van der Waals surface area contributed by atoms with E-state index in [-0.39, 0.29) is 16.3 Å². The highest BCUT2D eigenvalue weighted by atomic mass is 35.5. The molecule has 0 bridgehead atoms. The molecule has 0 aliphatic carbocycles. The van der Waals surface area contributed by atoms with Crippen LogP contribution < -0.4 is 10.6 Å². The van der Waals surface area contributed by atoms with Crippen LogP contribution in [0.25, 0.3) is 0 Å². The van der Waals surface area contributed by atoms with E-state index >= 15 is 0 Å². The van der Waals surface area contributed by atoms with Crippen LogP contribution in [-0.2, 0) is 15.0 Å². The third-order valence-electron chi connectivity index (χ3n) is 6.19. The Hall–Kier alpha value is -2.15. The van der Waals surface area contributed by atoms with Crippen molar-refractivity contribution in [2.75, 3.05) is 5.32 Å². The molecule has 3 N–H and O–H groups in total. The van der Waals surface area contributed by atoms with Crippen LogP contribution in [0.2, 0.25) is 10.0 Å². The van der Waals surface area contributed by atoms with E-state index in [2.05, 4.69) is 10.6 Å². The molecule has 1 saturated heterocycles. The number of anilines is 1. The molecule has 4 atom stereocenters. The highest BCUT2D eigenvalue weighted by molar-refractivity contribution is 6.31. The number of nitrogens with one attached hydrogen (secondary N) is 2. The fourth-order valence-corrected chi connectivity index (χ4v) is 5.40. The number of carboxylic acids is 1. The molecule has 0 saturated carbocycles. The SMILES string of the molecule is CC(C)(C)C[C@H]1N[C@@H](C(=O)O)[C@H](c2ccc(Cl)c(F)c2)[C@@]12C(=O)Nc1cc(Cl)ccc12. The first-order valence-corrected chi connectivity index (χ1v) is 10.8. The first-order chi connectivity index (χ1) is 14.4. The fourth-order valence-electron chi connectivity index (χ4n) is 5.11. The van der Waals surface area contributed by atoms with E-state index in [1.54, 1.807) is 24.3 Å². The van der Waals surface area contributed by atoms with Crippen molar-refractivity contribution >= 4 is 40.8 Å². The number of halogens is 3. The lowest BCUT2D eigenvalue weighted by Crippen LogP contribution is -2.49. The standard InChI is InChI=1S/C23H23Cl2FN2O3/c1-22(2,3)10-17-23(13-6-5-12(24)9-16(13)27-21(23)31)18(19(28-17)20(29)30)11-4-7-14(25)15(26)8-11/h4-9,17-19,28H,10H2,1-3H3,(H,27,31)(H,29,30)/t17-,18+,19-,23+/m1/s1. The summed E-state index contributed by atoms with van der Waals surface area (Å²) in [5, 5.41) is 16.6. The van der Waals surface area contributed by atoms with Crippen molar-refractivity contribution in [3.8, 4) is 0 Å². The molecular formula is C23H23Cl2FN2O3. The maximum atomic E-state index is 14.4. The Kier molecular flexibility index (Phi) is 5.31. The molecule has 164 valence electrons. The quantitative estimate of drug-likeness (QED) is 0.599. The predicted octanol–water partition coefficient (Wildman–Crippen LogP) is 4.97. The minimum Gasteiger partial charge on any atom is -0.480 e. The number of carbonyl (C=O) groups excluding carboxylic acids is 1. The van der Waals surface area contributed by atoms with Crippen LogP contribution in [0.5, 0.6) is 0 Å². The van der Waals surface area contributed by atoms with E-state index in [1.165, 1.54) is 12.1 Å². The van der Waals surface area contributed by atoms with Crippen molar-refractivity contribution < 1.29 is 19.1 Å². The van der Waals surface area contributed by atoms with Gasteiger partial charge in [-0.25, -0.2) is 4.39 Å². The lowest BCUT2D eigenvalue weighted by molar-refractivity contribution is -0.139. The van der Waals surface area contributed by atoms with E-state index < -0.39 is 35.2 Å². The van der Waals surface area contributed by atoms with Crippen molar-refractivity contribution in [1.29, 1.82) is 0 Å². The molecule has 4 rings (SSSR count). The van der Waals surface area contributed by atoms with Gasteiger partial charge in [0.2, 0.25) is 5.91 Å². The van der Waals surface area contributed by atoms with Crippen molar-refractivity contribution in [2.24, 2.45) is 5.41 Å². The van der Waals surface area contributed by atoms with E-state index in [0.717, 1.165) is 0 Å². The number of carbonyl (C=O) groups is 2. The number of amides is 1. The van der Waals surface area contributed by atoms with Gasteiger partial charge in [0.1, 0.15) is 17.3 Å². The van der Waals surface area contributed by atoms with Gasteiger partial charge in [-0.1, -0.05) is 56.1 Å². The molecule has 2 aliphatic heterocycles. The zero-order valence-corrected chi connectivity index (χ0v) is 18.8.